The average Bonchev–Trinajstić information content (AvgIpc) is 2.83. The van der Waals surface area contributed by atoms with Crippen molar-refractivity contribution < 1.29 is 24.3 Å². The molecule has 0 aromatic heterocycles. The Hall–Kier alpha value is -1.89. The van der Waals surface area contributed by atoms with E-state index in [0.29, 0.717) is 57.4 Å². The van der Waals surface area contributed by atoms with Crippen LogP contribution in [0.1, 0.15) is 65.2 Å². The first-order valence-corrected chi connectivity index (χ1v) is 13.8. The lowest BCUT2D eigenvalue weighted by Crippen LogP contribution is -2.58. The molecule has 0 aromatic rings. The van der Waals surface area contributed by atoms with Crippen LogP contribution in [0.3, 0.4) is 0 Å². The van der Waals surface area contributed by atoms with Crippen LogP contribution in [-0.2, 0) is 19.2 Å². The fourth-order valence-corrected chi connectivity index (χ4v) is 3.86. The van der Waals surface area contributed by atoms with Gasteiger partial charge < -0.3 is 38.3 Å². The maximum atomic E-state index is 13.2. The third-order valence-corrected chi connectivity index (χ3v) is 6.55. The fraction of sp³-hybridized carbons (Fsp3) is 0.826. The second-order valence-electron chi connectivity index (χ2n) is 8.79. The van der Waals surface area contributed by atoms with E-state index in [2.05, 4.69) is 16.0 Å². The fourth-order valence-electron chi connectivity index (χ4n) is 3.39. The van der Waals surface area contributed by atoms with E-state index >= 15 is 0 Å². The zero-order chi connectivity index (χ0) is 26.8. The number of hydrogen-bond acceptors (Lipinski definition) is 8. The Balaban J connectivity index is 5.45. The molecule has 11 nitrogen and oxygen atoms in total. The molecule has 0 bridgehead atoms. The number of rotatable bonds is 20. The van der Waals surface area contributed by atoms with Crippen molar-refractivity contribution in [1.29, 1.82) is 0 Å². The lowest BCUT2D eigenvalue weighted by atomic mass is 9.96. The normalized spacial score (nSPS) is 15.4. The second-order valence-corrected chi connectivity index (χ2v) is 9.77. The van der Waals surface area contributed by atoms with Gasteiger partial charge in [0.2, 0.25) is 17.7 Å². The molecule has 5 atom stereocenters. The van der Waals surface area contributed by atoms with Gasteiger partial charge in [-0.25, -0.2) is 4.79 Å². The molecule has 5 unspecified atom stereocenters. The highest BCUT2D eigenvalue weighted by molar-refractivity contribution is 7.98. The average molecular weight is 519 g/mol. The predicted octanol–water partition coefficient (Wildman–Crippen LogP) is -0.0901. The number of aliphatic carboxylic acids is 1. The molecule has 10 N–H and O–H groups in total. The van der Waals surface area contributed by atoms with Crippen molar-refractivity contribution in [1.82, 2.24) is 16.0 Å². The summed E-state index contributed by atoms with van der Waals surface area (Å²) in [5.74, 6) is -2.33. The number of hydrogen-bond donors (Lipinski definition) is 7. The summed E-state index contributed by atoms with van der Waals surface area (Å²) in [7, 11) is 0. The molecule has 0 aliphatic carbocycles. The summed E-state index contributed by atoms with van der Waals surface area (Å²) >= 11 is 1.48. The molecule has 0 radical (unpaired) electrons. The van der Waals surface area contributed by atoms with Gasteiger partial charge in [-0.3, -0.25) is 14.4 Å². The first-order valence-electron chi connectivity index (χ1n) is 12.4. The summed E-state index contributed by atoms with van der Waals surface area (Å²) in [5, 5.41) is 17.5. The van der Waals surface area contributed by atoms with E-state index in [0.717, 1.165) is 6.42 Å². The van der Waals surface area contributed by atoms with E-state index in [1.807, 2.05) is 13.2 Å². The van der Waals surface area contributed by atoms with Crippen LogP contribution in [0, 0.1) is 5.92 Å². The van der Waals surface area contributed by atoms with E-state index in [4.69, 9.17) is 17.2 Å². The predicted molar refractivity (Wildman–Crippen MR) is 140 cm³/mol. The van der Waals surface area contributed by atoms with Crippen molar-refractivity contribution in [3.05, 3.63) is 0 Å². The first kappa shape index (κ1) is 33.1. The van der Waals surface area contributed by atoms with Crippen molar-refractivity contribution >= 4 is 35.5 Å². The summed E-state index contributed by atoms with van der Waals surface area (Å²) in [6.07, 6.45) is 6.22. The number of carboxylic acids is 1. The van der Waals surface area contributed by atoms with Gasteiger partial charge in [0.1, 0.15) is 18.1 Å². The number of carboxylic acid groups (broad SMARTS) is 1. The standard InChI is InChI=1S/C23H46N6O5S/c1-4-15(2)19(22(32)28-18(23(33)34)11-14-35-3)29-21(31)17(10-6-8-13-25)27-20(30)16(26)9-5-7-12-24/h15-19H,4-14,24-26H2,1-3H3,(H,27,30)(H,28,32)(H,29,31)(H,33,34). The largest absolute Gasteiger partial charge is 0.480 e. The Kier molecular flexibility index (Phi) is 18.3. The quantitative estimate of drug-likeness (QED) is 0.107. The van der Waals surface area contributed by atoms with Gasteiger partial charge in [-0.2, -0.15) is 11.8 Å². The smallest absolute Gasteiger partial charge is 0.326 e. The summed E-state index contributed by atoms with van der Waals surface area (Å²) in [6, 6.07) is -3.66. The van der Waals surface area contributed by atoms with Gasteiger partial charge in [0.05, 0.1) is 6.04 Å². The molecule has 0 heterocycles. The minimum absolute atomic E-state index is 0.257. The highest BCUT2D eigenvalue weighted by Crippen LogP contribution is 2.11. The maximum Gasteiger partial charge on any atom is 0.326 e. The molecule has 0 spiro atoms. The highest BCUT2D eigenvalue weighted by atomic mass is 32.2. The second kappa shape index (κ2) is 19.3. The highest BCUT2D eigenvalue weighted by Gasteiger charge is 2.32. The molecule has 12 heteroatoms. The monoisotopic (exact) mass is 518 g/mol. The number of nitrogens with two attached hydrogens (primary N) is 3. The van der Waals surface area contributed by atoms with E-state index in [9.17, 15) is 24.3 Å². The maximum absolute atomic E-state index is 13.2. The van der Waals surface area contributed by atoms with Gasteiger partial charge in [0.15, 0.2) is 0 Å². The molecule has 0 saturated heterocycles. The topological polar surface area (TPSA) is 203 Å². The summed E-state index contributed by atoms with van der Waals surface area (Å²) in [5.41, 5.74) is 17.0. The van der Waals surface area contributed by atoms with Crippen LogP contribution in [0.2, 0.25) is 0 Å². The molecule has 0 saturated carbocycles. The van der Waals surface area contributed by atoms with Crippen LogP contribution >= 0.6 is 11.8 Å². The minimum atomic E-state index is -1.13. The lowest BCUT2D eigenvalue weighted by molar-refractivity contribution is -0.142. The molecule has 0 rings (SSSR count). The van der Waals surface area contributed by atoms with Gasteiger partial charge in [0, 0.05) is 0 Å². The Morgan fingerprint density at radius 3 is 1.91 bits per heavy atom. The molecule has 35 heavy (non-hydrogen) atoms. The number of thioether (sulfide) groups is 1. The third-order valence-electron chi connectivity index (χ3n) is 5.90. The first-order chi connectivity index (χ1) is 16.6. The Morgan fingerprint density at radius 2 is 1.40 bits per heavy atom. The van der Waals surface area contributed by atoms with Crippen molar-refractivity contribution in [2.45, 2.75) is 89.4 Å². The molecule has 3 amide bonds. The van der Waals surface area contributed by atoms with Gasteiger partial charge >= 0.3 is 5.97 Å². The van der Waals surface area contributed by atoms with Crippen molar-refractivity contribution in [3.8, 4) is 0 Å². The number of carbonyl (C=O) groups is 4. The van der Waals surface area contributed by atoms with Gasteiger partial charge in [-0.15, -0.1) is 0 Å². The number of amides is 3. The van der Waals surface area contributed by atoms with Crippen LogP contribution in [0.15, 0.2) is 0 Å². The van der Waals surface area contributed by atoms with Gasteiger partial charge in [-0.1, -0.05) is 26.7 Å². The van der Waals surface area contributed by atoms with Crippen LogP contribution in [-0.4, -0.2) is 78.1 Å². The number of unbranched alkanes of at least 4 members (excludes halogenated alkanes) is 2. The van der Waals surface area contributed by atoms with E-state index in [1.54, 1.807) is 6.92 Å². The molecule has 0 aliphatic heterocycles. The summed E-state index contributed by atoms with van der Waals surface area (Å²) in [4.78, 5) is 50.3. The lowest BCUT2D eigenvalue weighted by Gasteiger charge is -2.28. The van der Waals surface area contributed by atoms with Crippen molar-refractivity contribution in [2.75, 3.05) is 25.1 Å². The molecule has 0 aliphatic rings. The Labute approximate surface area is 213 Å². The van der Waals surface area contributed by atoms with E-state index in [-0.39, 0.29) is 12.3 Å². The van der Waals surface area contributed by atoms with Crippen LogP contribution in [0.4, 0.5) is 0 Å². The van der Waals surface area contributed by atoms with Gasteiger partial charge in [-0.05, 0) is 69.5 Å². The van der Waals surface area contributed by atoms with Crippen LogP contribution in [0.5, 0.6) is 0 Å². The molecular formula is C23H46N6O5S. The molecular weight excluding hydrogens is 472 g/mol. The zero-order valence-corrected chi connectivity index (χ0v) is 22.2. The van der Waals surface area contributed by atoms with Gasteiger partial charge in [0.25, 0.3) is 0 Å². The van der Waals surface area contributed by atoms with Crippen molar-refractivity contribution in [2.24, 2.45) is 23.1 Å². The number of nitrogens with one attached hydrogen (secondary N) is 3. The third kappa shape index (κ3) is 13.7. The molecule has 0 fully saturated rings. The molecule has 204 valence electrons. The van der Waals surface area contributed by atoms with Crippen LogP contribution < -0.4 is 33.2 Å². The van der Waals surface area contributed by atoms with Crippen molar-refractivity contribution in [3.63, 3.8) is 0 Å². The molecule has 0 aromatic carbocycles. The van der Waals surface area contributed by atoms with Crippen LogP contribution in [0.25, 0.3) is 0 Å². The Morgan fingerprint density at radius 1 is 0.829 bits per heavy atom. The minimum Gasteiger partial charge on any atom is -0.480 e. The summed E-state index contributed by atoms with van der Waals surface area (Å²) < 4.78 is 0. The Bertz CT molecular complexity index is 654. The zero-order valence-electron chi connectivity index (χ0n) is 21.4. The van der Waals surface area contributed by atoms with E-state index in [1.165, 1.54) is 11.8 Å². The van der Waals surface area contributed by atoms with E-state index < -0.39 is 47.9 Å². The number of carbonyl (C=O) groups excluding carboxylic acids is 3. The summed E-state index contributed by atoms with van der Waals surface area (Å²) in [6.45, 7) is 4.64. The SMILES string of the molecule is CCC(C)C(NC(=O)C(CCCCN)NC(=O)C(N)CCCCN)C(=O)NC(CCSC)C(=O)O.